The Labute approximate surface area is 100 Å². The molecule has 5 heteroatoms. The summed E-state index contributed by atoms with van der Waals surface area (Å²) >= 11 is 0. The van der Waals surface area contributed by atoms with E-state index in [1.807, 2.05) is 13.0 Å². The summed E-state index contributed by atoms with van der Waals surface area (Å²) in [6.07, 6.45) is 5.30. The first-order chi connectivity index (χ1) is 8.22. The predicted molar refractivity (Wildman–Crippen MR) is 64.1 cm³/mol. The van der Waals surface area contributed by atoms with Gasteiger partial charge in [0.15, 0.2) is 0 Å². The lowest BCUT2D eigenvalue weighted by molar-refractivity contribution is 0.348. The smallest absolute Gasteiger partial charge is 0.243 e. The van der Waals surface area contributed by atoms with Gasteiger partial charge in [-0.2, -0.15) is 4.98 Å². The van der Waals surface area contributed by atoms with Gasteiger partial charge in [0.1, 0.15) is 0 Å². The Kier molecular flexibility index (Phi) is 3.49. The van der Waals surface area contributed by atoms with Crippen LogP contribution in [0.25, 0.3) is 11.4 Å². The molecule has 1 atom stereocenters. The molecule has 0 spiro atoms. The lowest BCUT2D eigenvalue weighted by Gasteiger charge is -2.02. The van der Waals surface area contributed by atoms with Gasteiger partial charge in [-0.25, -0.2) is 0 Å². The molecule has 0 aliphatic rings. The van der Waals surface area contributed by atoms with Crippen LogP contribution in [0, 0.1) is 6.92 Å². The van der Waals surface area contributed by atoms with Gasteiger partial charge in [-0.3, -0.25) is 4.98 Å². The van der Waals surface area contributed by atoms with E-state index in [0.29, 0.717) is 11.7 Å². The molecule has 0 amide bonds. The van der Waals surface area contributed by atoms with Crippen LogP contribution in [0.15, 0.2) is 23.0 Å². The first-order valence-corrected chi connectivity index (χ1v) is 5.72. The summed E-state index contributed by atoms with van der Waals surface area (Å²) in [4.78, 5) is 8.38. The van der Waals surface area contributed by atoms with Crippen LogP contribution in [0.1, 0.15) is 37.3 Å². The van der Waals surface area contributed by atoms with Crippen LogP contribution in [-0.2, 0) is 0 Å². The molecule has 0 aromatic carbocycles. The zero-order valence-corrected chi connectivity index (χ0v) is 10.1. The van der Waals surface area contributed by atoms with Crippen molar-refractivity contribution in [1.82, 2.24) is 15.1 Å². The maximum absolute atomic E-state index is 5.92. The summed E-state index contributed by atoms with van der Waals surface area (Å²) in [6, 6.07) is 1.73. The van der Waals surface area contributed by atoms with Crippen molar-refractivity contribution in [2.75, 3.05) is 0 Å². The van der Waals surface area contributed by atoms with E-state index >= 15 is 0 Å². The van der Waals surface area contributed by atoms with Gasteiger partial charge in [0.05, 0.1) is 6.04 Å². The Morgan fingerprint density at radius 2 is 2.29 bits per heavy atom. The van der Waals surface area contributed by atoms with Gasteiger partial charge in [0, 0.05) is 18.0 Å². The highest BCUT2D eigenvalue weighted by molar-refractivity contribution is 5.57. The second-order valence-electron chi connectivity index (χ2n) is 4.04. The molecule has 0 saturated heterocycles. The van der Waals surface area contributed by atoms with Crippen LogP contribution in [0.4, 0.5) is 0 Å². The van der Waals surface area contributed by atoms with E-state index in [1.165, 1.54) is 0 Å². The van der Waals surface area contributed by atoms with E-state index in [4.69, 9.17) is 10.3 Å². The molecule has 0 saturated carbocycles. The standard InChI is InChI=1S/C12H16N4O/c1-3-4-10(13)12-15-11(16-17-12)9-7-14-6-5-8(9)2/h5-7,10H,3-4,13H2,1-2H3. The van der Waals surface area contributed by atoms with Gasteiger partial charge >= 0.3 is 0 Å². The maximum atomic E-state index is 5.92. The Morgan fingerprint density at radius 3 is 3.00 bits per heavy atom. The highest BCUT2D eigenvalue weighted by atomic mass is 16.5. The number of aromatic nitrogens is 3. The summed E-state index contributed by atoms with van der Waals surface area (Å²) in [6.45, 7) is 4.06. The minimum atomic E-state index is -0.182. The number of nitrogens with two attached hydrogens (primary N) is 1. The van der Waals surface area contributed by atoms with E-state index in [0.717, 1.165) is 24.0 Å². The van der Waals surface area contributed by atoms with Crippen molar-refractivity contribution in [2.24, 2.45) is 5.73 Å². The Hall–Kier alpha value is -1.75. The monoisotopic (exact) mass is 232 g/mol. The van der Waals surface area contributed by atoms with E-state index in [1.54, 1.807) is 12.4 Å². The third-order valence-corrected chi connectivity index (χ3v) is 2.64. The average molecular weight is 232 g/mol. The van der Waals surface area contributed by atoms with Crippen LogP contribution >= 0.6 is 0 Å². The van der Waals surface area contributed by atoms with Crippen molar-refractivity contribution in [3.05, 3.63) is 29.9 Å². The number of nitrogens with zero attached hydrogens (tertiary/aromatic N) is 3. The molecule has 2 N–H and O–H groups in total. The molecule has 0 fully saturated rings. The lowest BCUT2D eigenvalue weighted by atomic mass is 10.1. The molecular weight excluding hydrogens is 216 g/mol. The summed E-state index contributed by atoms with van der Waals surface area (Å²) in [5.74, 6) is 1.04. The van der Waals surface area contributed by atoms with Gasteiger partial charge < -0.3 is 10.3 Å². The molecule has 0 aliphatic heterocycles. The van der Waals surface area contributed by atoms with Crippen molar-refractivity contribution < 1.29 is 4.52 Å². The van der Waals surface area contributed by atoms with E-state index in [-0.39, 0.29) is 6.04 Å². The van der Waals surface area contributed by atoms with Gasteiger partial charge in [0.25, 0.3) is 0 Å². The molecule has 2 aromatic rings. The highest BCUT2D eigenvalue weighted by Crippen LogP contribution is 2.21. The highest BCUT2D eigenvalue weighted by Gasteiger charge is 2.15. The molecule has 2 rings (SSSR count). The van der Waals surface area contributed by atoms with Crippen LogP contribution in [0.5, 0.6) is 0 Å². The first-order valence-electron chi connectivity index (χ1n) is 5.72. The summed E-state index contributed by atoms with van der Waals surface area (Å²) in [7, 11) is 0. The van der Waals surface area contributed by atoms with Crippen LogP contribution in [0.3, 0.4) is 0 Å². The van der Waals surface area contributed by atoms with Crippen LogP contribution < -0.4 is 5.73 Å². The third kappa shape index (κ3) is 2.50. The summed E-state index contributed by atoms with van der Waals surface area (Å²) in [5.41, 5.74) is 7.87. The summed E-state index contributed by atoms with van der Waals surface area (Å²) in [5, 5.41) is 3.94. The predicted octanol–water partition coefficient (Wildman–Crippen LogP) is 2.24. The number of rotatable bonds is 4. The molecule has 2 heterocycles. The van der Waals surface area contributed by atoms with Crippen molar-refractivity contribution in [2.45, 2.75) is 32.7 Å². The average Bonchev–Trinajstić information content (AvgIpc) is 2.79. The van der Waals surface area contributed by atoms with Crippen molar-refractivity contribution >= 4 is 0 Å². The molecular formula is C12H16N4O. The Bertz CT molecular complexity index is 495. The van der Waals surface area contributed by atoms with Gasteiger partial charge in [-0.05, 0) is 25.0 Å². The number of hydrogen-bond donors (Lipinski definition) is 1. The fourth-order valence-electron chi connectivity index (χ4n) is 1.63. The summed E-state index contributed by atoms with van der Waals surface area (Å²) < 4.78 is 5.17. The number of aryl methyl sites for hydroxylation is 1. The van der Waals surface area contributed by atoms with Crippen molar-refractivity contribution in [3.63, 3.8) is 0 Å². The topological polar surface area (TPSA) is 77.8 Å². The first kappa shape index (κ1) is 11.7. The zero-order valence-electron chi connectivity index (χ0n) is 10.1. The van der Waals surface area contributed by atoms with Crippen molar-refractivity contribution in [3.8, 4) is 11.4 Å². The number of pyridine rings is 1. The van der Waals surface area contributed by atoms with Gasteiger partial charge in [-0.1, -0.05) is 18.5 Å². The molecule has 90 valence electrons. The van der Waals surface area contributed by atoms with Crippen LogP contribution in [-0.4, -0.2) is 15.1 Å². The molecule has 2 aromatic heterocycles. The molecule has 1 unspecified atom stereocenters. The number of hydrogen-bond acceptors (Lipinski definition) is 5. The fourth-order valence-corrected chi connectivity index (χ4v) is 1.63. The van der Waals surface area contributed by atoms with E-state index in [9.17, 15) is 0 Å². The largest absolute Gasteiger partial charge is 0.337 e. The minimum absolute atomic E-state index is 0.182. The Balaban J connectivity index is 2.27. The van der Waals surface area contributed by atoms with Gasteiger partial charge in [-0.15, -0.1) is 0 Å². The van der Waals surface area contributed by atoms with Crippen molar-refractivity contribution in [1.29, 1.82) is 0 Å². The SMILES string of the molecule is CCCC(N)c1nc(-c2cnccc2C)no1. The maximum Gasteiger partial charge on any atom is 0.243 e. The van der Waals surface area contributed by atoms with E-state index in [2.05, 4.69) is 22.0 Å². The normalized spacial score (nSPS) is 12.6. The Morgan fingerprint density at radius 1 is 1.47 bits per heavy atom. The molecule has 0 bridgehead atoms. The second kappa shape index (κ2) is 5.05. The molecule has 5 nitrogen and oxygen atoms in total. The zero-order chi connectivity index (χ0) is 12.3. The van der Waals surface area contributed by atoms with Crippen LogP contribution in [0.2, 0.25) is 0 Å². The molecule has 0 radical (unpaired) electrons. The third-order valence-electron chi connectivity index (χ3n) is 2.64. The minimum Gasteiger partial charge on any atom is -0.337 e. The van der Waals surface area contributed by atoms with E-state index < -0.39 is 0 Å². The lowest BCUT2D eigenvalue weighted by Crippen LogP contribution is -2.09. The molecule has 0 aliphatic carbocycles. The fraction of sp³-hybridized carbons (Fsp3) is 0.417. The van der Waals surface area contributed by atoms with Gasteiger partial charge in [0.2, 0.25) is 11.7 Å². The quantitative estimate of drug-likeness (QED) is 0.874. The second-order valence-corrected chi connectivity index (χ2v) is 4.04. The molecule has 17 heavy (non-hydrogen) atoms.